The van der Waals surface area contributed by atoms with Crippen molar-refractivity contribution in [3.05, 3.63) is 35.9 Å². The van der Waals surface area contributed by atoms with Crippen LogP contribution in [0.5, 0.6) is 0 Å². The topological polar surface area (TPSA) is 26.3 Å². The van der Waals surface area contributed by atoms with E-state index in [0.717, 1.165) is 5.56 Å². The molecule has 0 saturated carbocycles. The molecular weight excluding hydrogens is 188 g/mol. The third-order valence-corrected chi connectivity index (χ3v) is 2.55. The van der Waals surface area contributed by atoms with Gasteiger partial charge in [-0.05, 0) is 5.92 Å². The number of carbonyl (C=O) groups excluding carboxylic acids is 1. The van der Waals surface area contributed by atoms with Crippen LogP contribution in [-0.4, -0.2) is 19.5 Å². The Morgan fingerprint density at radius 1 is 1.27 bits per heavy atom. The molecule has 0 saturated heterocycles. The SMILES string of the molecule is COCC(C(=O)c1ccccc1)C(C)C. The minimum Gasteiger partial charge on any atom is -0.384 e. The molecule has 0 aliphatic carbocycles. The number of ketones is 1. The van der Waals surface area contributed by atoms with Crippen LogP contribution in [0.25, 0.3) is 0 Å². The minimum absolute atomic E-state index is 0.0441. The second-order valence-corrected chi connectivity index (χ2v) is 4.04. The van der Waals surface area contributed by atoms with Crippen LogP contribution in [-0.2, 0) is 4.74 Å². The lowest BCUT2D eigenvalue weighted by Gasteiger charge is -2.18. The number of Topliss-reactive ketones (excluding diaryl/α,β-unsaturated/α-hetero) is 1. The number of methoxy groups -OCH3 is 1. The van der Waals surface area contributed by atoms with E-state index in [1.807, 2.05) is 44.2 Å². The number of hydrogen-bond acceptors (Lipinski definition) is 2. The molecule has 0 spiro atoms. The molecule has 1 atom stereocenters. The largest absolute Gasteiger partial charge is 0.384 e. The summed E-state index contributed by atoms with van der Waals surface area (Å²) < 4.78 is 5.09. The van der Waals surface area contributed by atoms with E-state index in [0.29, 0.717) is 12.5 Å². The van der Waals surface area contributed by atoms with Crippen molar-refractivity contribution in [1.29, 1.82) is 0 Å². The van der Waals surface area contributed by atoms with Gasteiger partial charge in [0.1, 0.15) is 0 Å². The molecule has 2 nitrogen and oxygen atoms in total. The van der Waals surface area contributed by atoms with Crippen molar-refractivity contribution in [2.24, 2.45) is 11.8 Å². The molecule has 0 radical (unpaired) electrons. The maximum atomic E-state index is 12.1. The molecule has 1 rings (SSSR count). The number of benzene rings is 1. The standard InChI is InChI=1S/C13H18O2/c1-10(2)12(9-15-3)13(14)11-7-5-4-6-8-11/h4-8,10,12H,9H2,1-3H3. The molecule has 2 heteroatoms. The van der Waals surface area contributed by atoms with Gasteiger partial charge in [-0.1, -0.05) is 44.2 Å². The number of hydrogen-bond donors (Lipinski definition) is 0. The molecule has 0 N–H and O–H groups in total. The fraction of sp³-hybridized carbons (Fsp3) is 0.462. The van der Waals surface area contributed by atoms with E-state index < -0.39 is 0 Å². The van der Waals surface area contributed by atoms with Crippen LogP contribution < -0.4 is 0 Å². The quantitative estimate of drug-likeness (QED) is 0.692. The van der Waals surface area contributed by atoms with Crippen LogP contribution in [0.1, 0.15) is 24.2 Å². The van der Waals surface area contributed by atoms with Gasteiger partial charge in [-0.3, -0.25) is 4.79 Å². The Labute approximate surface area is 91.3 Å². The summed E-state index contributed by atoms with van der Waals surface area (Å²) in [7, 11) is 1.63. The Hall–Kier alpha value is -1.15. The predicted molar refractivity (Wildman–Crippen MR) is 61.0 cm³/mol. The summed E-state index contributed by atoms with van der Waals surface area (Å²) in [4.78, 5) is 12.1. The molecule has 82 valence electrons. The van der Waals surface area contributed by atoms with Gasteiger partial charge in [0.25, 0.3) is 0 Å². The van der Waals surface area contributed by atoms with Crippen LogP contribution in [0.2, 0.25) is 0 Å². The zero-order valence-corrected chi connectivity index (χ0v) is 9.57. The average Bonchev–Trinajstić information content (AvgIpc) is 2.26. The summed E-state index contributed by atoms with van der Waals surface area (Å²) in [6.07, 6.45) is 0. The molecule has 0 aliphatic rings. The predicted octanol–water partition coefficient (Wildman–Crippen LogP) is 2.79. The van der Waals surface area contributed by atoms with Crippen molar-refractivity contribution < 1.29 is 9.53 Å². The summed E-state index contributed by atoms with van der Waals surface area (Å²) in [6.45, 7) is 4.58. The smallest absolute Gasteiger partial charge is 0.168 e. The van der Waals surface area contributed by atoms with Gasteiger partial charge >= 0.3 is 0 Å². The zero-order chi connectivity index (χ0) is 11.3. The zero-order valence-electron chi connectivity index (χ0n) is 9.57. The van der Waals surface area contributed by atoms with Crippen molar-refractivity contribution in [1.82, 2.24) is 0 Å². The van der Waals surface area contributed by atoms with Crippen LogP contribution in [0.3, 0.4) is 0 Å². The fourth-order valence-corrected chi connectivity index (χ4v) is 1.57. The Morgan fingerprint density at radius 3 is 2.33 bits per heavy atom. The number of ether oxygens (including phenoxy) is 1. The third kappa shape index (κ3) is 3.17. The normalized spacial score (nSPS) is 12.8. The highest BCUT2D eigenvalue weighted by Gasteiger charge is 2.22. The molecule has 0 fully saturated rings. The van der Waals surface area contributed by atoms with E-state index >= 15 is 0 Å². The first kappa shape index (κ1) is 11.9. The van der Waals surface area contributed by atoms with Crippen molar-refractivity contribution >= 4 is 5.78 Å². The molecule has 1 aromatic carbocycles. The van der Waals surface area contributed by atoms with Crippen LogP contribution in [0.4, 0.5) is 0 Å². The maximum Gasteiger partial charge on any atom is 0.168 e. The lowest BCUT2D eigenvalue weighted by molar-refractivity contribution is 0.0737. The van der Waals surface area contributed by atoms with Crippen molar-refractivity contribution in [3.8, 4) is 0 Å². The van der Waals surface area contributed by atoms with Gasteiger partial charge in [0.2, 0.25) is 0 Å². The van der Waals surface area contributed by atoms with E-state index in [2.05, 4.69) is 0 Å². The average molecular weight is 206 g/mol. The van der Waals surface area contributed by atoms with Gasteiger partial charge < -0.3 is 4.74 Å². The van der Waals surface area contributed by atoms with Gasteiger partial charge in [0.15, 0.2) is 5.78 Å². The molecule has 1 unspecified atom stereocenters. The van der Waals surface area contributed by atoms with Crippen LogP contribution >= 0.6 is 0 Å². The Balaban J connectivity index is 2.81. The first-order valence-corrected chi connectivity index (χ1v) is 5.25. The number of rotatable bonds is 5. The first-order chi connectivity index (χ1) is 7.16. The van der Waals surface area contributed by atoms with E-state index in [1.54, 1.807) is 7.11 Å². The highest BCUT2D eigenvalue weighted by Crippen LogP contribution is 2.17. The molecule has 15 heavy (non-hydrogen) atoms. The Bertz CT molecular complexity index is 304. The van der Waals surface area contributed by atoms with Crippen LogP contribution in [0, 0.1) is 11.8 Å². The maximum absolute atomic E-state index is 12.1. The van der Waals surface area contributed by atoms with Gasteiger partial charge in [-0.25, -0.2) is 0 Å². The van der Waals surface area contributed by atoms with Crippen LogP contribution in [0.15, 0.2) is 30.3 Å². The summed E-state index contributed by atoms with van der Waals surface area (Å²) in [5.41, 5.74) is 0.772. The van der Waals surface area contributed by atoms with E-state index in [1.165, 1.54) is 0 Å². The highest BCUT2D eigenvalue weighted by atomic mass is 16.5. The van der Waals surface area contributed by atoms with Gasteiger partial charge in [0, 0.05) is 18.6 Å². The molecule has 0 aliphatic heterocycles. The summed E-state index contributed by atoms with van der Waals surface area (Å²) in [5, 5.41) is 0. The summed E-state index contributed by atoms with van der Waals surface area (Å²) in [6, 6.07) is 9.40. The Kier molecular flexibility index (Phi) is 4.50. The van der Waals surface area contributed by atoms with Crippen molar-refractivity contribution in [3.63, 3.8) is 0 Å². The van der Waals surface area contributed by atoms with Crippen molar-refractivity contribution in [2.75, 3.05) is 13.7 Å². The fourth-order valence-electron chi connectivity index (χ4n) is 1.57. The van der Waals surface area contributed by atoms with Gasteiger partial charge in [-0.15, -0.1) is 0 Å². The van der Waals surface area contributed by atoms with E-state index in [4.69, 9.17) is 4.74 Å². The monoisotopic (exact) mass is 206 g/mol. The first-order valence-electron chi connectivity index (χ1n) is 5.25. The lowest BCUT2D eigenvalue weighted by atomic mass is 9.89. The summed E-state index contributed by atoms with van der Waals surface area (Å²) in [5.74, 6) is 0.433. The highest BCUT2D eigenvalue weighted by molar-refractivity contribution is 5.98. The molecule has 0 aromatic heterocycles. The van der Waals surface area contributed by atoms with E-state index in [9.17, 15) is 4.79 Å². The molecule has 0 amide bonds. The molecular formula is C13H18O2. The van der Waals surface area contributed by atoms with E-state index in [-0.39, 0.29) is 11.7 Å². The molecule has 1 aromatic rings. The van der Waals surface area contributed by atoms with Gasteiger partial charge in [0.05, 0.1) is 6.61 Å². The molecule has 0 bridgehead atoms. The second kappa shape index (κ2) is 5.66. The lowest BCUT2D eigenvalue weighted by Crippen LogP contribution is -2.25. The minimum atomic E-state index is -0.0441. The van der Waals surface area contributed by atoms with Gasteiger partial charge in [-0.2, -0.15) is 0 Å². The Morgan fingerprint density at radius 2 is 1.87 bits per heavy atom. The van der Waals surface area contributed by atoms with Crippen molar-refractivity contribution in [2.45, 2.75) is 13.8 Å². The second-order valence-electron chi connectivity index (χ2n) is 4.04. The summed E-state index contributed by atoms with van der Waals surface area (Å²) >= 11 is 0. The third-order valence-electron chi connectivity index (χ3n) is 2.55. The number of carbonyl (C=O) groups is 1. The molecule has 0 heterocycles.